The van der Waals surface area contributed by atoms with Crippen LogP contribution in [0, 0.1) is 0 Å². The predicted molar refractivity (Wildman–Crippen MR) is 69.9 cm³/mol. The van der Waals surface area contributed by atoms with Crippen molar-refractivity contribution in [2.24, 2.45) is 0 Å². The number of amides is 1. The number of hydrogen-bond acceptors (Lipinski definition) is 4. The maximum absolute atomic E-state index is 12.0. The molecular formula is C14H17NO5. The van der Waals surface area contributed by atoms with Gasteiger partial charge in [-0.05, 0) is 18.4 Å². The average molecular weight is 279 g/mol. The van der Waals surface area contributed by atoms with E-state index in [1.165, 1.54) is 0 Å². The fourth-order valence-corrected chi connectivity index (χ4v) is 2.20. The van der Waals surface area contributed by atoms with Crippen molar-refractivity contribution in [1.82, 2.24) is 5.32 Å². The number of aliphatic carboxylic acids is 1. The van der Waals surface area contributed by atoms with Crippen molar-refractivity contribution in [1.29, 1.82) is 0 Å². The first-order chi connectivity index (χ1) is 9.61. The smallest absolute Gasteiger partial charge is 0.332 e. The highest BCUT2D eigenvalue weighted by molar-refractivity contribution is 5.83. The summed E-state index contributed by atoms with van der Waals surface area (Å²) in [5, 5.41) is 20.9. The molecule has 3 atom stereocenters. The number of carboxylic acid groups (broad SMARTS) is 1. The topological polar surface area (TPSA) is 95.9 Å². The van der Waals surface area contributed by atoms with Gasteiger partial charge in [-0.25, -0.2) is 4.79 Å². The Morgan fingerprint density at radius 2 is 1.90 bits per heavy atom. The Morgan fingerprint density at radius 3 is 2.45 bits per heavy atom. The van der Waals surface area contributed by atoms with Crippen molar-refractivity contribution in [3.8, 4) is 0 Å². The summed E-state index contributed by atoms with van der Waals surface area (Å²) in [4.78, 5) is 22.8. The van der Waals surface area contributed by atoms with Gasteiger partial charge in [0.25, 0.3) is 0 Å². The van der Waals surface area contributed by atoms with E-state index < -0.39 is 30.1 Å². The van der Waals surface area contributed by atoms with Crippen molar-refractivity contribution in [2.45, 2.75) is 31.1 Å². The van der Waals surface area contributed by atoms with Crippen LogP contribution >= 0.6 is 0 Å². The normalized spacial score (nSPS) is 23.2. The van der Waals surface area contributed by atoms with E-state index in [2.05, 4.69) is 5.32 Å². The van der Waals surface area contributed by atoms with Gasteiger partial charge in [-0.3, -0.25) is 4.79 Å². The molecule has 1 amide bonds. The predicted octanol–water partition coefficient (Wildman–Crippen LogP) is 0.468. The fraction of sp³-hybridized carbons (Fsp3) is 0.429. The highest BCUT2D eigenvalue weighted by atomic mass is 16.5. The van der Waals surface area contributed by atoms with Gasteiger partial charge in [0.1, 0.15) is 6.10 Å². The molecule has 20 heavy (non-hydrogen) atoms. The van der Waals surface area contributed by atoms with Crippen LogP contribution in [0.2, 0.25) is 0 Å². The molecule has 0 radical (unpaired) electrons. The molecule has 1 aromatic rings. The average Bonchev–Trinajstić information content (AvgIpc) is 2.95. The summed E-state index contributed by atoms with van der Waals surface area (Å²) in [6.07, 6.45) is -0.998. The number of carbonyl (C=O) groups is 2. The Labute approximate surface area is 116 Å². The minimum Gasteiger partial charge on any atom is -0.479 e. The first kappa shape index (κ1) is 14.5. The molecule has 1 fully saturated rings. The molecule has 2 rings (SSSR count). The van der Waals surface area contributed by atoms with Crippen molar-refractivity contribution in [3.63, 3.8) is 0 Å². The molecule has 6 nitrogen and oxygen atoms in total. The van der Waals surface area contributed by atoms with Crippen LogP contribution in [0.4, 0.5) is 0 Å². The molecule has 0 aromatic heterocycles. The van der Waals surface area contributed by atoms with Gasteiger partial charge in [-0.2, -0.15) is 0 Å². The van der Waals surface area contributed by atoms with Crippen LogP contribution in [0.1, 0.15) is 24.4 Å². The molecule has 1 aliphatic rings. The number of hydrogen-bond donors (Lipinski definition) is 3. The van der Waals surface area contributed by atoms with E-state index in [9.17, 15) is 14.7 Å². The zero-order valence-corrected chi connectivity index (χ0v) is 10.9. The van der Waals surface area contributed by atoms with Gasteiger partial charge < -0.3 is 20.3 Å². The van der Waals surface area contributed by atoms with Crippen molar-refractivity contribution >= 4 is 11.9 Å². The Hall–Kier alpha value is -1.92. The highest BCUT2D eigenvalue weighted by Crippen LogP contribution is 2.21. The van der Waals surface area contributed by atoms with Crippen molar-refractivity contribution in [2.75, 3.05) is 6.61 Å². The summed E-state index contributed by atoms with van der Waals surface area (Å²) < 4.78 is 5.17. The Kier molecular flexibility index (Phi) is 4.70. The molecule has 1 aromatic carbocycles. The molecule has 0 spiro atoms. The second-order valence-electron chi connectivity index (χ2n) is 4.68. The van der Waals surface area contributed by atoms with Gasteiger partial charge in [-0.1, -0.05) is 30.3 Å². The van der Waals surface area contributed by atoms with Gasteiger partial charge >= 0.3 is 5.97 Å². The molecule has 0 aliphatic carbocycles. The standard InChI is InChI=1S/C14H17NO5/c16-8-10(9-4-2-1-3-5-9)15-13(17)11-6-7-12(20-11)14(18)19/h1-5,10-12,16H,6-8H2,(H,15,17)(H,18,19)/t10?,11-,12+/m0/s1. The van der Waals surface area contributed by atoms with Crippen LogP contribution in [0.3, 0.4) is 0 Å². The summed E-state index contributed by atoms with van der Waals surface area (Å²) in [5.41, 5.74) is 0.788. The lowest BCUT2D eigenvalue weighted by Gasteiger charge is -2.19. The molecule has 6 heteroatoms. The van der Waals surface area contributed by atoms with Gasteiger partial charge in [0, 0.05) is 0 Å². The molecule has 1 aliphatic heterocycles. The van der Waals surface area contributed by atoms with Crippen LogP contribution in [0.15, 0.2) is 30.3 Å². The zero-order chi connectivity index (χ0) is 14.5. The highest BCUT2D eigenvalue weighted by Gasteiger charge is 2.35. The quantitative estimate of drug-likeness (QED) is 0.728. The Balaban J connectivity index is 1.95. The van der Waals surface area contributed by atoms with Crippen LogP contribution in [-0.2, 0) is 14.3 Å². The SMILES string of the molecule is O=C(NC(CO)c1ccccc1)[C@@H]1CC[C@H](C(=O)O)O1. The summed E-state index contributed by atoms with van der Waals surface area (Å²) in [6, 6.07) is 8.56. The lowest BCUT2D eigenvalue weighted by atomic mass is 10.1. The van der Waals surface area contributed by atoms with Gasteiger partial charge in [0.05, 0.1) is 12.6 Å². The molecule has 3 N–H and O–H groups in total. The number of benzene rings is 1. The van der Waals surface area contributed by atoms with E-state index in [1.54, 1.807) is 12.1 Å². The zero-order valence-electron chi connectivity index (χ0n) is 10.9. The number of carbonyl (C=O) groups excluding carboxylic acids is 1. The fourth-order valence-electron chi connectivity index (χ4n) is 2.20. The second-order valence-corrected chi connectivity index (χ2v) is 4.68. The number of aliphatic hydroxyl groups excluding tert-OH is 1. The second kappa shape index (κ2) is 6.49. The summed E-state index contributed by atoms with van der Waals surface area (Å²) in [7, 11) is 0. The minimum atomic E-state index is -1.05. The van der Waals surface area contributed by atoms with Gasteiger partial charge in [-0.15, -0.1) is 0 Å². The number of rotatable bonds is 5. The monoisotopic (exact) mass is 279 g/mol. The van der Waals surface area contributed by atoms with Gasteiger partial charge in [0.15, 0.2) is 6.10 Å². The van der Waals surface area contributed by atoms with Gasteiger partial charge in [0.2, 0.25) is 5.91 Å². The lowest BCUT2D eigenvalue weighted by molar-refractivity contribution is -0.152. The van der Waals surface area contributed by atoms with E-state index in [1.807, 2.05) is 18.2 Å². The number of nitrogens with one attached hydrogen (secondary N) is 1. The molecule has 0 saturated carbocycles. The largest absolute Gasteiger partial charge is 0.479 e. The van der Waals surface area contributed by atoms with Crippen LogP contribution in [0.5, 0.6) is 0 Å². The van der Waals surface area contributed by atoms with Crippen LogP contribution in [-0.4, -0.2) is 40.9 Å². The maximum Gasteiger partial charge on any atom is 0.332 e. The van der Waals surface area contributed by atoms with E-state index in [4.69, 9.17) is 9.84 Å². The molecule has 0 bridgehead atoms. The van der Waals surface area contributed by atoms with Crippen molar-refractivity contribution in [3.05, 3.63) is 35.9 Å². The Morgan fingerprint density at radius 1 is 1.25 bits per heavy atom. The third-order valence-electron chi connectivity index (χ3n) is 3.29. The van der Waals surface area contributed by atoms with Crippen LogP contribution < -0.4 is 5.32 Å². The van der Waals surface area contributed by atoms with Crippen LogP contribution in [0.25, 0.3) is 0 Å². The summed E-state index contributed by atoms with van der Waals surface area (Å²) in [5.74, 6) is -1.45. The third kappa shape index (κ3) is 3.34. The van der Waals surface area contributed by atoms with E-state index >= 15 is 0 Å². The molecule has 1 saturated heterocycles. The van der Waals surface area contributed by atoms with Crippen molar-refractivity contribution < 1.29 is 24.5 Å². The molecule has 108 valence electrons. The summed E-state index contributed by atoms with van der Waals surface area (Å²) >= 11 is 0. The van der Waals surface area contributed by atoms with E-state index in [0.29, 0.717) is 12.8 Å². The summed E-state index contributed by atoms with van der Waals surface area (Å²) in [6.45, 7) is -0.231. The third-order valence-corrected chi connectivity index (χ3v) is 3.29. The number of carboxylic acids is 1. The van der Waals surface area contributed by atoms with E-state index in [-0.39, 0.29) is 6.61 Å². The first-order valence-corrected chi connectivity index (χ1v) is 6.46. The molecule has 1 unspecified atom stereocenters. The number of ether oxygens (including phenoxy) is 1. The number of aliphatic hydroxyl groups is 1. The maximum atomic E-state index is 12.0. The Bertz CT molecular complexity index is 476. The molecule has 1 heterocycles. The lowest BCUT2D eigenvalue weighted by Crippen LogP contribution is -2.39. The van der Waals surface area contributed by atoms with E-state index in [0.717, 1.165) is 5.56 Å². The molecular weight excluding hydrogens is 262 g/mol. The first-order valence-electron chi connectivity index (χ1n) is 6.46. The minimum absolute atomic E-state index is 0.231.